The number of nitrogens with one attached hydrogen (secondary N) is 1. The molecule has 0 unspecified atom stereocenters. The Balaban J connectivity index is 1.63. The maximum atomic E-state index is 13.3. The summed E-state index contributed by atoms with van der Waals surface area (Å²) in [5, 5.41) is 12.1. The van der Waals surface area contributed by atoms with Gasteiger partial charge in [-0.1, -0.05) is 6.92 Å². The molecule has 6 nitrogen and oxygen atoms in total. The number of carboxylic acid groups (broad SMARTS) is 1. The fourth-order valence-electron chi connectivity index (χ4n) is 2.96. The Morgan fingerprint density at radius 1 is 1.33 bits per heavy atom. The summed E-state index contributed by atoms with van der Waals surface area (Å²) in [4.78, 5) is 21.1. The van der Waals surface area contributed by atoms with Crippen molar-refractivity contribution in [3.05, 3.63) is 30.0 Å². The van der Waals surface area contributed by atoms with Crippen LogP contribution in [0.5, 0.6) is 0 Å². The van der Waals surface area contributed by atoms with E-state index >= 15 is 0 Å². The predicted molar refractivity (Wildman–Crippen MR) is 84.8 cm³/mol. The molecule has 0 radical (unpaired) electrons. The summed E-state index contributed by atoms with van der Waals surface area (Å²) in [6.07, 6.45) is 3.10. The van der Waals surface area contributed by atoms with Crippen LogP contribution in [-0.2, 0) is 4.79 Å². The van der Waals surface area contributed by atoms with Crippen molar-refractivity contribution < 1.29 is 18.7 Å². The van der Waals surface area contributed by atoms with Gasteiger partial charge in [-0.25, -0.2) is 13.8 Å². The van der Waals surface area contributed by atoms with Crippen LogP contribution in [0, 0.1) is 11.6 Å². The zero-order chi connectivity index (χ0) is 17.3. The SMILES string of the molecule is CCN(CC(=O)O)C1CC(Nc2cnc3cc(F)c(F)cc3n2)C1. The molecule has 2 aromatic rings. The van der Waals surface area contributed by atoms with E-state index in [0.717, 1.165) is 25.0 Å². The number of hydrogen-bond donors (Lipinski definition) is 2. The molecule has 0 bridgehead atoms. The van der Waals surface area contributed by atoms with Gasteiger partial charge in [0.05, 0.1) is 23.8 Å². The van der Waals surface area contributed by atoms with Crippen LogP contribution in [0.3, 0.4) is 0 Å². The van der Waals surface area contributed by atoms with Gasteiger partial charge in [0.1, 0.15) is 5.82 Å². The molecule has 24 heavy (non-hydrogen) atoms. The third-order valence-corrected chi connectivity index (χ3v) is 4.31. The highest BCUT2D eigenvalue weighted by Crippen LogP contribution is 2.28. The molecule has 3 rings (SSSR count). The van der Waals surface area contributed by atoms with Crippen molar-refractivity contribution in [2.75, 3.05) is 18.4 Å². The van der Waals surface area contributed by atoms with Gasteiger partial charge in [0.2, 0.25) is 0 Å². The Hall–Kier alpha value is -2.35. The van der Waals surface area contributed by atoms with Gasteiger partial charge >= 0.3 is 5.97 Å². The van der Waals surface area contributed by atoms with Gasteiger partial charge < -0.3 is 10.4 Å². The predicted octanol–water partition coefficient (Wildman–Crippen LogP) is 2.26. The molecule has 0 saturated heterocycles. The van der Waals surface area contributed by atoms with Gasteiger partial charge in [0, 0.05) is 24.2 Å². The summed E-state index contributed by atoms with van der Waals surface area (Å²) >= 11 is 0. The summed E-state index contributed by atoms with van der Waals surface area (Å²) in [5.74, 6) is -2.23. The van der Waals surface area contributed by atoms with Gasteiger partial charge in [-0.3, -0.25) is 14.7 Å². The Morgan fingerprint density at radius 3 is 2.62 bits per heavy atom. The van der Waals surface area contributed by atoms with E-state index in [2.05, 4.69) is 15.3 Å². The number of nitrogens with zero attached hydrogens (tertiary/aromatic N) is 3. The molecule has 128 valence electrons. The third kappa shape index (κ3) is 3.43. The molecule has 1 aliphatic carbocycles. The Morgan fingerprint density at radius 2 is 2.00 bits per heavy atom. The molecule has 1 aliphatic rings. The lowest BCUT2D eigenvalue weighted by molar-refractivity contribution is -0.139. The maximum absolute atomic E-state index is 13.3. The number of aliphatic carboxylic acids is 1. The number of benzene rings is 1. The van der Waals surface area contributed by atoms with Crippen molar-refractivity contribution in [2.45, 2.75) is 31.8 Å². The van der Waals surface area contributed by atoms with Gasteiger partial charge in [-0.2, -0.15) is 0 Å². The third-order valence-electron chi connectivity index (χ3n) is 4.31. The monoisotopic (exact) mass is 336 g/mol. The number of carboxylic acids is 1. The van der Waals surface area contributed by atoms with Crippen molar-refractivity contribution in [3.8, 4) is 0 Å². The summed E-state index contributed by atoms with van der Waals surface area (Å²) in [6, 6.07) is 2.43. The van der Waals surface area contributed by atoms with Gasteiger partial charge in [0.25, 0.3) is 0 Å². The summed E-state index contributed by atoms with van der Waals surface area (Å²) in [5.41, 5.74) is 0.584. The molecular formula is C16H18F2N4O2. The first-order valence-corrected chi connectivity index (χ1v) is 7.80. The van der Waals surface area contributed by atoms with Crippen molar-refractivity contribution >= 4 is 22.8 Å². The zero-order valence-electron chi connectivity index (χ0n) is 13.2. The highest BCUT2D eigenvalue weighted by atomic mass is 19.2. The molecule has 0 atom stereocenters. The Bertz CT molecular complexity index is 765. The lowest BCUT2D eigenvalue weighted by atomic mass is 9.85. The van der Waals surface area contributed by atoms with Gasteiger partial charge in [-0.05, 0) is 19.4 Å². The zero-order valence-corrected chi connectivity index (χ0v) is 13.2. The summed E-state index contributed by atoms with van der Waals surface area (Å²) < 4.78 is 26.4. The molecule has 1 aromatic heterocycles. The minimum Gasteiger partial charge on any atom is -0.480 e. The summed E-state index contributed by atoms with van der Waals surface area (Å²) in [6.45, 7) is 2.66. The lowest BCUT2D eigenvalue weighted by Gasteiger charge is -2.42. The molecule has 0 aliphatic heterocycles. The van der Waals surface area contributed by atoms with E-state index in [1.807, 2.05) is 11.8 Å². The number of rotatable bonds is 6. The fraction of sp³-hybridized carbons (Fsp3) is 0.438. The smallest absolute Gasteiger partial charge is 0.317 e. The first-order valence-electron chi connectivity index (χ1n) is 7.80. The van der Waals surface area contributed by atoms with Crippen LogP contribution in [0.15, 0.2) is 18.3 Å². The number of aromatic nitrogens is 2. The van der Waals surface area contributed by atoms with E-state index < -0.39 is 17.6 Å². The van der Waals surface area contributed by atoms with Crippen LogP contribution in [-0.4, -0.2) is 51.1 Å². The quantitative estimate of drug-likeness (QED) is 0.842. The van der Waals surface area contributed by atoms with Crippen LogP contribution in [0.25, 0.3) is 11.0 Å². The molecule has 1 aromatic carbocycles. The van der Waals surface area contributed by atoms with Crippen LogP contribution < -0.4 is 5.32 Å². The molecule has 1 heterocycles. The normalized spacial score (nSPS) is 20.2. The largest absolute Gasteiger partial charge is 0.480 e. The van der Waals surface area contributed by atoms with E-state index in [4.69, 9.17) is 5.11 Å². The van der Waals surface area contributed by atoms with Crippen molar-refractivity contribution in [3.63, 3.8) is 0 Å². The molecule has 1 fully saturated rings. The van der Waals surface area contributed by atoms with Crippen LogP contribution in [0.1, 0.15) is 19.8 Å². The number of fused-ring (bicyclic) bond motifs is 1. The molecule has 0 amide bonds. The molecule has 8 heteroatoms. The second-order valence-electron chi connectivity index (χ2n) is 5.93. The minimum absolute atomic E-state index is 0.0362. The molecule has 2 N–H and O–H groups in total. The highest BCUT2D eigenvalue weighted by Gasteiger charge is 2.34. The number of likely N-dealkylation sites (N-methyl/N-ethyl adjacent to an activating group) is 1. The van der Waals surface area contributed by atoms with Crippen LogP contribution in [0.2, 0.25) is 0 Å². The summed E-state index contributed by atoms with van der Waals surface area (Å²) in [7, 11) is 0. The molecule has 0 spiro atoms. The van der Waals surface area contributed by atoms with E-state index in [0.29, 0.717) is 17.9 Å². The second-order valence-corrected chi connectivity index (χ2v) is 5.93. The Labute approximate surface area is 137 Å². The lowest BCUT2D eigenvalue weighted by Crippen LogP contribution is -2.51. The topological polar surface area (TPSA) is 78.4 Å². The van der Waals surface area contributed by atoms with Crippen molar-refractivity contribution in [2.24, 2.45) is 0 Å². The first kappa shape index (κ1) is 16.5. The number of halogens is 2. The number of anilines is 1. The van der Waals surface area contributed by atoms with Gasteiger partial charge in [-0.15, -0.1) is 0 Å². The first-order chi connectivity index (χ1) is 11.5. The van der Waals surface area contributed by atoms with Gasteiger partial charge in [0.15, 0.2) is 11.6 Å². The standard InChI is InChI=1S/C16H18F2N4O2/c1-2-22(8-16(23)24)10-3-9(4-10)20-15-7-19-13-5-11(17)12(18)6-14(13)21-15/h5-7,9-10H,2-4,8H2,1H3,(H,20,21)(H,23,24). The average molecular weight is 336 g/mol. The van der Waals surface area contributed by atoms with E-state index in [-0.39, 0.29) is 24.1 Å². The van der Waals surface area contributed by atoms with E-state index in [1.165, 1.54) is 6.20 Å². The fourth-order valence-corrected chi connectivity index (χ4v) is 2.96. The molecule has 1 saturated carbocycles. The number of carbonyl (C=O) groups is 1. The van der Waals surface area contributed by atoms with E-state index in [1.54, 1.807) is 0 Å². The van der Waals surface area contributed by atoms with Crippen LogP contribution >= 0.6 is 0 Å². The highest BCUT2D eigenvalue weighted by molar-refractivity contribution is 5.75. The Kier molecular flexibility index (Phi) is 4.57. The number of hydrogen-bond acceptors (Lipinski definition) is 5. The van der Waals surface area contributed by atoms with Crippen LogP contribution in [0.4, 0.5) is 14.6 Å². The minimum atomic E-state index is -0.954. The second kappa shape index (κ2) is 6.64. The van der Waals surface area contributed by atoms with Crippen molar-refractivity contribution in [1.29, 1.82) is 0 Å². The maximum Gasteiger partial charge on any atom is 0.317 e. The van der Waals surface area contributed by atoms with E-state index in [9.17, 15) is 13.6 Å². The average Bonchev–Trinajstić information content (AvgIpc) is 2.49. The molecular weight excluding hydrogens is 318 g/mol. The van der Waals surface area contributed by atoms with Crippen molar-refractivity contribution in [1.82, 2.24) is 14.9 Å².